The average Bonchev–Trinajstić information content (AvgIpc) is 3.45. The molecule has 2 heterocycles. The summed E-state index contributed by atoms with van der Waals surface area (Å²) in [7, 11) is 0. The normalized spacial score (nSPS) is 13.4. The zero-order valence-corrected chi connectivity index (χ0v) is 24.2. The van der Waals surface area contributed by atoms with Crippen LogP contribution in [0.2, 0.25) is 0 Å². The second-order valence-corrected chi connectivity index (χ2v) is 12.0. The lowest BCUT2D eigenvalue weighted by Crippen LogP contribution is -2.15. The zero-order chi connectivity index (χ0) is 28.6. The third kappa shape index (κ3) is 3.65. The van der Waals surface area contributed by atoms with E-state index >= 15 is 0 Å². The SMILES string of the molecule is Cc1ccc(-c2nc(-c3ccc(C)cc3)nc(-n3c4ccccc4c4cc5c(cc43)C(C)(C)c3ccccc3-5)n2)cc1. The number of hydrogen-bond donors (Lipinski definition) is 0. The number of para-hydroxylation sites is 1. The summed E-state index contributed by atoms with van der Waals surface area (Å²) < 4.78 is 2.22. The molecular weight excluding hydrogens is 512 g/mol. The first-order chi connectivity index (χ1) is 20.4. The smallest absolute Gasteiger partial charge is 0.238 e. The largest absolute Gasteiger partial charge is 0.278 e. The van der Waals surface area contributed by atoms with Gasteiger partial charge in [0.2, 0.25) is 5.95 Å². The molecule has 0 aliphatic heterocycles. The lowest BCUT2D eigenvalue weighted by molar-refractivity contribution is 0.661. The van der Waals surface area contributed by atoms with Crippen LogP contribution >= 0.6 is 0 Å². The summed E-state index contributed by atoms with van der Waals surface area (Å²) in [4.78, 5) is 15.2. The summed E-state index contributed by atoms with van der Waals surface area (Å²) in [6.07, 6.45) is 0. The van der Waals surface area contributed by atoms with Crippen LogP contribution in [0.4, 0.5) is 0 Å². The highest BCUT2D eigenvalue weighted by Crippen LogP contribution is 2.50. The molecular formula is C38H30N4. The number of benzene rings is 5. The van der Waals surface area contributed by atoms with Crippen molar-refractivity contribution >= 4 is 21.8 Å². The van der Waals surface area contributed by atoms with E-state index in [1.54, 1.807) is 0 Å². The number of nitrogens with zero attached hydrogens (tertiary/aromatic N) is 4. The molecule has 0 saturated heterocycles. The fourth-order valence-electron chi connectivity index (χ4n) is 6.51. The molecule has 0 fully saturated rings. The molecule has 0 amide bonds. The van der Waals surface area contributed by atoms with Crippen LogP contribution in [0.15, 0.2) is 109 Å². The van der Waals surface area contributed by atoms with Crippen LogP contribution in [0.5, 0.6) is 0 Å². The molecule has 0 spiro atoms. The third-order valence-electron chi connectivity index (χ3n) is 8.82. The molecule has 7 aromatic rings. The fraction of sp³-hybridized carbons (Fsp3) is 0.132. The van der Waals surface area contributed by atoms with E-state index in [4.69, 9.17) is 15.0 Å². The first kappa shape index (κ1) is 24.7. The lowest BCUT2D eigenvalue weighted by atomic mass is 9.82. The summed E-state index contributed by atoms with van der Waals surface area (Å²) in [6, 6.07) is 38.9. The Morgan fingerprint density at radius 2 is 1.12 bits per heavy atom. The maximum absolute atomic E-state index is 5.13. The van der Waals surface area contributed by atoms with Gasteiger partial charge in [0.25, 0.3) is 0 Å². The van der Waals surface area contributed by atoms with Crippen molar-refractivity contribution in [1.29, 1.82) is 0 Å². The van der Waals surface area contributed by atoms with Crippen molar-refractivity contribution in [1.82, 2.24) is 19.5 Å². The van der Waals surface area contributed by atoms with Crippen LogP contribution in [-0.4, -0.2) is 19.5 Å². The first-order valence-electron chi connectivity index (χ1n) is 14.5. The highest BCUT2D eigenvalue weighted by molar-refractivity contribution is 6.11. The molecule has 0 unspecified atom stereocenters. The van der Waals surface area contributed by atoms with Crippen molar-refractivity contribution < 1.29 is 0 Å². The lowest BCUT2D eigenvalue weighted by Gasteiger charge is -2.21. The van der Waals surface area contributed by atoms with E-state index in [0.717, 1.165) is 22.2 Å². The van der Waals surface area contributed by atoms with E-state index in [1.165, 1.54) is 44.2 Å². The maximum atomic E-state index is 5.13. The minimum absolute atomic E-state index is 0.110. The highest BCUT2D eigenvalue weighted by Gasteiger charge is 2.36. The van der Waals surface area contributed by atoms with Crippen molar-refractivity contribution in [3.05, 3.63) is 131 Å². The van der Waals surface area contributed by atoms with Crippen molar-refractivity contribution in [3.8, 4) is 39.9 Å². The van der Waals surface area contributed by atoms with Gasteiger partial charge in [0, 0.05) is 27.3 Å². The fourth-order valence-corrected chi connectivity index (χ4v) is 6.51. The molecule has 1 aliphatic carbocycles. The second kappa shape index (κ2) is 8.95. The van der Waals surface area contributed by atoms with E-state index in [2.05, 4.69) is 141 Å². The van der Waals surface area contributed by atoms with Crippen LogP contribution in [0.1, 0.15) is 36.1 Å². The van der Waals surface area contributed by atoms with Gasteiger partial charge in [-0.05, 0) is 54.3 Å². The van der Waals surface area contributed by atoms with Gasteiger partial charge in [0.1, 0.15) is 0 Å². The zero-order valence-electron chi connectivity index (χ0n) is 24.2. The first-order valence-corrected chi connectivity index (χ1v) is 14.5. The molecule has 1 aliphatic rings. The van der Waals surface area contributed by atoms with Crippen molar-refractivity contribution in [2.24, 2.45) is 0 Å². The van der Waals surface area contributed by atoms with Crippen LogP contribution < -0.4 is 0 Å². The second-order valence-electron chi connectivity index (χ2n) is 12.0. The summed E-state index contributed by atoms with van der Waals surface area (Å²) in [5.41, 5.74) is 11.7. The third-order valence-corrected chi connectivity index (χ3v) is 8.82. The monoisotopic (exact) mass is 542 g/mol. The molecule has 0 saturated carbocycles. The topological polar surface area (TPSA) is 43.6 Å². The van der Waals surface area contributed by atoms with Crippen molar-refractivity contribution in [2.75, 3.05) is 0 Å². The molecule has 4 nitrogen and oxygen atoms in total. The molecule has 2 aromatic heterocycles. The Balaban J connectivity index is 1.44. The van der Waals surface area contributed by atoms with Crippen molar-refractivity contribution in [2.45, 2.75) is 33.1 Å². The number of aryl methyl sites for hydroxylation is 2. The van der Waals surface area contributed by atoms with Crippen LogP contribution in [0.3, 0.4) is 0 Å². The van der Waals surface area contributed by atoms with Crippen molar-refractivity contribution in [3.63, 3.8) is 0 Å². The molecule has 0 N–H and O–H groups in total. The summed E-state index contributed by atoms with van der Waals surface area (Å²) in [5.74, 6) is 1.95. The number of hydrogen-bond acceptors (Lipinski definition) is 3. The number of aromatic nitrogens is 4. The molecule has 4 heteroatoms. The Labute approximate surface area is 245 Å². The average molecular weight is 543 g/mol. The van der Waals surface area contributed by atoms with Gasteiger partial charge in [-0.3, -0.25) is 4.57 Å². The van der Waals surface area contributed by atoms with E-state index in [9.17, 15) is 0 Å². The highest BCUT2D eigenvalue weighted by atomic mass is 15.2. The van der Waals surface area contributed by atoms with Gasteiger partial charge >= 0.3 is 0 Å². The molecule has 0 bridgehead atoms. The molecule has 202 valence electrons. The van der Waals surface area contributed by atoms with Gasteiger partial charge in [-0.1, -0.05) is 116 Å². The Kier molecular flexibility index (Phi) is 5.26. The summed E-state index contributed by atoms with van der Waals surface area (Å²) >= 11 is 0. The molecule has 42 heavy (non-hydrogen) atoms. The van der Waals surface area contributed by atoms with Crippen LogP contribution in [0, 0.1) is 13.8 Å². The maximum Gasteiger partial charge on any atom is 0.238 e. The van der Waals surface area contributed by atoms with Gasteiger partial charge in [0.15, 0.2) is 11.6 Å². The molecule has 0 radical (unpaired) electrons. The predicted molar refractivity (Wildman–Crippen MR) is 172 cm³/mol. The Hall–Kier alpha value is -5.09. The predicted octanol–water partition coefficient (Wildman–Crippen LogP) is 9.23. The van der Waals surface area contributed by atoms with E-state index < -0.39 is 0 Å². The number of rotatable bonds is 3. The van der Waals surface area contributed by atoms with Gasteiger partial charge in [-0.15, -0.1) is 0 Å². The molecule has 0 atom stereocenters. The summed E-state index contributed by atoms with van der Waals surface area (Å²) in [6.45, 7) is 8.84. The van der Waals surface area contributed by atoms with E-state index in [1.807, 2.05) is 0 Å². The van der Waals surface area contributed by atoms with Crippen LogP contribution in [0.25, 0.3) is 61.7 Å². The van der Waals surface area contributed by atoms with Gasteiger partial charge in [-0.25, -0.2) is 4.98 Å². The Morgan fingerprint density at radius 3 is 1.79 bits per heavy atom. The van der Waals surface area contributed by atoms with Gasteiger partial charge < -0.3 is 0 Å². The van der Waals surface area contributed by atoms with Gasteiger partial charge in [0.05, 0.1) is 11.0 Å². The van der Waals surface area contributed by atoms with E-state index in [0.29, 0.717) is 17.6 Å². The Morgan fingerprint density at radius 1 is 0.524 bits per heavy atom. The quantitative estimate of drug-likeness (QED) is 0.223. The van der Waals surface area contributed by atoms with E-state index in [-0.39, 0.29) is 5.41 Å². The van der Waals surface area contributed by atoms with Crippen LogP contribution in [-0.2, 0) is 5.41 Å². The molecule has 8 rings (SSSR count). The molecule has 5 aromatic carbocycles. The minimum atomic E-state index is -0.110. The summed E-state index contributed by atoms with van der Waals surface area (Å²) in [5, 5.41) is 2.39. The number of fused-ring (bicyclic) bond motifs is 6. The van der Waals surface area contributed by atoms with Gasteiger partial charge in [-0.2, -0.15) is 9.97 Å². The standard InChI is InChI=1S/C38H30N4/c1-23-13-17-25(18-14-23)35-39-36(26-19-15-24(2)16-20-26)41-37(40-35)42-33-12-8-6-10-28(33)30-21-29-27-9-5-7-11-31(27)38(3,4)32(29)22-34(30)42/h5-22H,1-4H3. The minimum Gasteiger partial charge on any atom is -0.278 e. The Bertz CT molecular complexity index is 2100.